The van der Waals surface area contributed by atoms with Gasteiger partial charge >= 0.3 is 6.61 Å². The second-order valence-electron chi connectivity index (χ2n) is 4.60. The average Bonchev–Trinajstić information content (AvgIpc) is 2.94. The highest BCUT2D eigenvalue weighted by atomic mass is 32.1. The van der Waals surface area contributed by atoms with Gasteiger partial charge in [0.25, 0.3) is 0 Å². The van der Waals surface area contributed by atoms with E-state index in [9.17, 15) is 8.78 Å². The van der Waals surface area contributed by atoms with Crippen LogP contribution in [0.3, 0.4) is 0 Å². The number of aryl methyl sites for hydroxylation is 1. The van der Waals surface area contributed by atoms with Gasteiger partial charge in [-0.05, 0) is 42.8 Å². The number of nitrogens with one attached hydrogen (secondary N) is 1. The van der Waals surface area contributed by atoms with Gasteiger partial charge in [0.1, 0.15) is 5.75 Å². The van der Waals surface area contributed by atoms with Crippen LogP contribution in [0.15, 0.2) is 36.4 Å². The highest BCUT2D eigenvalue weighted by Crippen LogP contribution is 2.30. The van der Waals surface area contributed by atoms with Crippen molar-refractivity contribution in [2.24, 2.45) is 0 Å². The number of ether oxygens (including phenoxy) is 1. The van der Waals surface area contributed by atoms with Gasteiger partial charge in [0.15, 0.2) is 0 Å². The van der Waals surface area contributed by atoms with Crippen molar-refractivity contribution in [1.29, 1.82) is 0 Å². The van der Waals surface area contributed by atoms with Crippen molar-refractivity contribution in [3.63, 3.8) is 0 Å². The number of hydrogen-bond donors (Lipinski definition) is 1. The van der Waals surface area contributed by atoms with E-state index < -0.39 is 6.61 Å². The maximum Gasteiger partial charge on any atom is 0.387 e. The molecule has 5 heteroatoms. The Hall–Kier alpha value is -1.46. The first-order valence-corrected chi connectivity index (χ1v) is 7.82. The van der Waals surface area contributed by atoms with Crippen LogP contribution in [0.2, 0.25) is 0 Å². The maximum atomic E-state index is 12.2. The van der Waals surface area contributed by atoms with Crippen LogP contribution in [0.1, 0.15) is 35.2 Å². The summed E-state index contributed by atoms with van der Waals surface area (Å²) < 4.78 is 28.7. The molecule has 114 valence electrons. The van der Waals surface area contributed by atoms with E-state index in [0.717, 1.165) is 18.5 Å². The number of thiophene rings is 1. The molecule has 2 aromatic rings. The van der Waals surface area contributed by atoms with Crippen LogP contribution in [0, 0.1) is 0 Å². The van der Waals surface area contributed by atoms with E-state index in [1.54, 1.807) is 23.5 Å². The summed E-state index contributed by atoms with van der Waals surface area (Å²) in [4.78, 5) is 2.57. The molecule has 1 aromatic carbocycles. The maximum absolute atomic E-state index is 12.2. The van der Waals surface area contributed by atoms with Crippen molar-refractivity contribution >= 4 is 11.3 Å². The van der Waals surface area contributed by atoms with Crippen molar-refractivity contribution in [1.82, 2.24) is 5.32 Å². The van der Waals surface area contributed by atoms with Crippen LogP contribution in [0.5, 0.6) is 5.75 Å². The standard InChI is InChI=1S/C16H19F2NOS/c1-3-13-9-10-14(21-13)15(19-4-2)11-5-7-12(8-6-11)20-16(17)18/h5-10,15-16,19H,3-4H2,1-2H3. The smallest absolute Gasteiger partial charge is 0.387 e. The van der Waals surface area contributed by atoms with Gasteiger partial charge in [-0.1, -0.05) is 26.0 Å². The van der Waals surface area contributed by atoms with E-state index in [-0.39, 0.29) is 11.8 Å². The lowest BCUT2D eigenvalue weighted by atomic mass is 10.1. The summed E-state index contributed by atoms with van der Waals surface area (Å²) >= 11 is 1.78. The minimum Gasteiger partial charge on any atom is -0.435 e. The highest BCUT2D eigenvalue weighted by Gasteiger charge is 2.15. The SMILES string of the molecule is CCNC(c1ccc(OC(F)F)cc1)c1ccc(CC)s1. The Balaban J connectivity index is 2.21. The Morgan fingerprint density at radius 1 is 1.10 bits per heavy atom. The van der Waals surface area contributed by atoms with Gasteiger partial charge in [0.2, 0.25) is 0 Å². The summed E-state index contributed by atoms with van der Waals surface area (Å²) in [6.45, 7) is 2.23. The first kappa shape index (κ1) is 15.9. The van der Waals surface area contributed by atoms with Gasteiger partial charge in [-0.2, -0.15) is 8.78 Å². The molecule has 0 aliphatic heterocycles. The van der Waals surface area contributed by atoms with Crippen molar-refractivity contribution in [3.8, 4) is 5.75 Å². The molecule has 1 N–H and O–H groups in total. The van der Waals surface area contributed by atoms with Gasteiger partial charge < -0.3 is 10.1 Å². The Labute approximate surface area is 127 Å². The zero-order valence-corrected chi connectivity index (χ0v) is 12.9. The molecule has 0 fully saturated rings. The van der Waals surface area contributed by atoms with Gasteiger partial charge in [-0.15, -0.1) is 11.3 Å². The number of alkyl halides is 2. The van der Waals surface area contributed by atoms with Crippen molar-refractivity contribution in [2.75, 3.05) is 6.54 Å². The van der Waals surface area contributed by atoms with Crippen LogP contribution in [-0.2, 0) is 6.42 Å². The van der Waals surface area contributed by atoms with Crippen LogP contribution >= 0.6 is 11.3 Å². The lowest BCUT2D eigenvalue weighted by molar-refractivity contribution is -0.0498. The van der Waals surface area contributed by atoms with Crippen molar-refractivity contribution in [2.45, 2.75) is 32.9 Å². The molecule has 1 heterocycles. The fourth-order valence-corrected chi connectivity index (χ4v) is 3.22. The van der Waals surface area contributed by atoms with Crippen LogP contribution in [-0.4, -0.2) is 13.2 Å². The number of benzene rings is 1. The molecule has 1 unspecified atom stereocenters. The molecule has 2 nitrogen and oxygen atoms in total. The second kappa shape index (κ2) is 7.52. The third-order valence-electron chi connectivity index (χ3n) is 3.16. The Morgan fingerprint density at radius 3 is 2.33 bits per heavy atom. The van der Waals surface area contributed by atoms with E-state index in [0.29, 0.717) is 0 Å². The Kier molecular flexibility index (Phi) is 5.70. The Bertz CT molecular complexity index is 554. The Morgan fingerprint density at radius 2 is 1.81 bits per heavy atom. The number of rotatable bonds is 7. The van der Waals surface area contributed by atoms with Gasteiger partial charge in [-0.3, -0.25) is 0 Å². The highest BCUT2D eigenvalue weighted by molar-refractivity contribution is 7.12. The third-order valence-corrected chi connectivity index (χ3v) is 4.46. The molecule has 0 amide bonds. The quantitative estimate of drug-likeness (QED) is 0.806. The number of hydrogen-bond acceptors (Lipinski definition) is 3. The molecule has 0 spiro atoms. The van der Waals surface area contributed by atoms with Crippen molar-refractivity contribution in [3.05, 3.63) is 51.7 Å². The molecule has 0 radical (unpaired) electrons. The summed E-state index contributed by atoms with van der Waals surface area (Å²) in [6, 6.07) is 11.2. The first-order valence-electron chi connectivity index (χ1n) is 7.00. The topological polar surface area (TPSA) is 21.3 Å². The van der Waals surface area contributed by atoms with E-state index in [1.807, 2.05) is 12.1 Å². The van der Waals surface area contributed by atoms with Crippen LogP contribution in [0.4, 0.5) is 8.78 Å². The lowest BCUT2D eigenvalue weighted by Gasteiger charge is -2.17. The van der Waals surface area contributed by atoms with E-state index >= 15 is 0 Å². The van der Waals surface area contributed by atoms with E-state index in [1.165, 1.54) is 9.75 Å². The first-order chi connectivity index (χ1) is 10.1. The second-order valence-corrected chi connectivity index (χ2v) is 5.80. The lowest BCUT2D eigenvalue weighted by Crippen LogP contribution is -2.21. The molecule has 0 saturated carbocycles. The van der Waals surface area contributed by atoms with Crippen LogP contribution in [0.25, 0.3) is 0 Å². The third kappa shape index (κ3) is 4.25. The predicted octanol–water partition coefficient (Wildman–Crippen LogP) is 4.61. The minimum absolute atomic E-state index is 0.0842. The van der Waals surface area contributed by atoms with Crippen molar-refractivity contribution < 1.29 is 13.5 Å². The molecule has 0 bridgehead atoms. The molecule has 1 atom stereocenters. The fourth-order valence-electron chi connectivity index (χ4n) is 2.17. The average molecular weight is 311 g/mol. The fraction of sp³-hybridized carbons (Fsp3) is 0.375. The summed E-state index contributed by atoms with van der Waals surface area (Å²) in [6.07, 6.45) is 1.02. The molecular weight excluding hydrogens is 292 g/mol. The zero-order valence-electron chi connectivity index (χ0n) is 12.1. The summed E-state index contributed by atoms with van der Waals surface area (Å²) in [5, 5.41) is 3.43. The number of halogens is 2. The normalized spacial score (nSPS) is 12.6. The summed E-state index contributed by atoms with van der Waals surface area (Å²) in [7, 11) is 0. The molecular formula is C16H19F2NOS. The molecule has 21 heavy (non-hydrogen) atoms. The monoisotopic (exact) mass is 311 g/mol. The minimum atomic E-state index is -2.79. The predicted molar refractivity (Wildman–Crippen MR) is 82.3 cm³/mol. The molecule has 0 saturated heterocycles. The molecule has 1 aromatic heterocycles. The summed E-state index contributed by atoms with van der Waals surface area (Å²) in [5.74, 6) is 0.185. The van der Waals surface area contributed by atoms with E-state index in [2.05, 4.69) is 36.0 Å². The van der Waals surface area contributed by atoms with Crippen LogP contribution < -0.4 is 10.1 Å². The molecule has 0 aliphatic rings. The van der Waals surface area contributed by atoms with Gasteiger partial charge in [-0.25, -0.2) is 0 Å². The molecule has 0 aliphatic carbocycles. The van der Waals surface area contributed by atoms with E-state index in [4.69, 9.17) is 0 Å². The largest absolute Gasteiger partial charge is 0.435 e. The van der Waals surface area contributed by atoms with Gasteiger partial charge in [0.05, 0.1) is 6.04 Å². The summed E-state index contributed by atoms with van der Waals surface area (Å²) in [5.41, 5.74) is 1.04. The molecule has 2 rings (SSSR count). The zero-order chi connectivity index (χ0) is 15.2. The van der Waals surface area contributed by atoms with Gasteiger partial charge in [0, 0.05) is 9.75 Å².